The molecule has 2 aliphatic rings. The van der Waals surface area contributed by atoms with Crippen LogP contribution in [0.15, 0.2) is 0 Å². The SMILES string of the molecule is OC[C@@H]1C[C@H](C2CC2)CO1. The zero-order valence-electron chi connectivity index (χ0n) is 6.12. The predicted octanol–water partition coefficient (Wildman–Crippen LogP) is 0.794. The van der Waals surface area contributed by atoms with E-state index in [1.54, 1.807) is 0 Å². The molecule has 2 atom stereocenters. The molecule has 0 aromatic carbocycles. The Hall–Kier alpha value is -0.0800. The Labute approximate surface area is 61.2 Å². The number of rotatable bonds is 2. The van der Waals surface area contributed by atoms with Crippen molar-refractivity contribution in [1.29, 1.82) is 0 Å². The van der Waals surface area contributed by atoms with Gasteiger partial charge in [0.15, 0.2) is 0 Å². The highest BCUT2D eigenvalue weighted by atomic mass is 16.5. The smallest absolute Gasteiger partial charge is 0.0809 e. The van der Waals surface area contributed by atoms with E-state index in [9.17, 15) is 0 Å². The van der Waals surface area contributed by atoms with Crippen molar-refractivity contribution in [2.24, 2.45) is 11.8 Å². The lowest BCUT2D eigenvalue weighted by molar-refractivity contribution is 0.0568. The largest absolute Gasteiger partial charge is 0.394 e. The molecular formula is C8H14O2. The minimum Gasteiger partial charge on any atom is -0.394 e. The minimum atomic E-state index is 0.158. The highest BCUT2D eigenvalue weighted by Crippen LogP contribution is 2.41. The van der Waals surface area contributed by atoms with Gasteiger partial charge in [-0.2, -0.15) is 0 Å². The maximum absolute atomic E-state index is 8.76. The molecule has 0 radical (unpaired) electrons. The molecule has 2 fully saturated rings. The summed E-state index contributed by atoms with van der Waals surface area (Å²) < 4.78 is 5.37. The van der Waals surface area contributed by atoms with Crippen LogP contribution < -0.4 is 0 Å². The van der Waals surface area contributed by atoms with E-state index in [1.807, 2.05) is 0 Å². The molecule has 2 rings (SSSR count). The lowest BCUT2D eigenvalue weighted by atomic mass is 10.0. The van der Waals surface area contributed by atoms with Gasteiger partial charge in [-0.3, -0.25) is 0 Å². The molecule has 58 valence electrons. The van der Waals surface area contributed by atoms with Crippen molar-refractivity contribution in [3.63, 3.8) is 0 Å². The lowest BCUT2D eigenvalue weighted by Crippen LogP contribution is -2.10. The molecule has 0 unspecified atom stereocenters. The highest BCUT2D eigenvalue weighted by molar-refractivity contribution is 4.86. The number of hydrogen-bond acceptors (Lipinski definition) is 2. The van der Waals surface area contributed by atoms with E-state index in [0.717, 1.165) is 24.9 Å². The van der Waals surface area contributed by atoms with Crippen molar-refractivity contribution in [1.82, 2.24) is 0 Å². The molecule has 0 aromatic heterocycles. The molecule has 1 aliphatic heterocycles. The van der Waals surface area contributed by atoms with Crippen LogP contribution >= 0.6 is 0 Å². The van der Waals surface area contributed by atoms with Crippen LogP contribution in [0.25, 0.3) is 0 Å². The zero-order valence-corrected chi connectivity index (χ0v) is 6.12. The number of aliphatic hydroxyl groups is 1. The topological polar surface area (TPSA) is 29.5 Å². The van der Waals surface area contributed by atoms with Crippen molar-refractivity contribution < 1.29 is 9.84 Å². The first-order valence-electron chi connectivity index (χ1n) is 4.12. The monoisotopic (exact) mass is 142 g/mol. The van der Waals surface area contributed by atoms with Crippen molar-refractivity contribution in [3.05, 3.63) is 0 Å². The average molecular weight is 142 g/mol. The Morgan fingerprint density at radius 3 is 2.60 bits per heavy atom. The average Bonchev–Trinajstić information content (AvgIpc) is 2.70. The van der Waals surface area contributed by atoms with Crippen LogP contribution in [-0.2, 0) is 4.74 Å². The molecule has 0 aromatic rings. The lowest BCUT2D eigenvalue weighted by Gasteiger charge is -2.03. The van der Waals surface area contributed by atoms with Crippen molar-refractivity contribution >= 4 is 0 Å². The van der Waals surface area contributed by atoms with Gasteiger partial charge in [-0.25, -0.2) is 0 Å². The standard InChI is InChI=1S/C8H14O2/c9-4-8-3-7(5-10-8)6-1-2-6/h6-9H,1-5H2/t7-,8-/m0/s1. The Balaban J connectivity index is 1.81. The van der Waals surface area contributed by atoms with Crippen molar-refractivity contribution in [2.45, 2.75) is 25.4 Å². The van der Waals surface area contributed by atoms with Crippen LogP contribution in [-0.4, -0.2) is 24.4 Å². The van der Waals surface area contributed by atoms with E-state index in [-0.39, 0.29) is 12.7 Å². The zero-order chi connectivity index (χ0) is 6.97. The van der Waals surface area contributed by atoms with Gasteiger partial charge in [0.1, 0.15) is 0 Å². The van der Waals surface area contributed by atoms with Gasteiger partial charge in [0.05, 0.1) is 19.3 Å². The molecule has 0 bridgehead atoms. The number of hydrogen-bond donors (Lipinski definition) is 1. The molecule has 1 N–H and O–H groups in total. The fourth-order valence-corrected chi connectivity index (χ4v) is 1.76. The summed E-state index contributed by atoms with van der Waals surface area (Å²) in [7, 11) is 0. The van der Waals surface area contributed by atoms with Gasteiger partial charge in [-0.05, 0) is 31.1 Å². The molecule has 1 heterocycles. The first-order valence-corrected chi connectivity index (χ1v) is 4.12. The third-order valence-corrected chi connectivity index (χ3v) is 2.60. The van der Waals surface area contributed by atoms with Gasteiger partial charge in [0.25, 0.3) is 0 Å². The summed E-state index contributed by atoms with van der Waals surface area (Å²) in [5.41, 5.74) is 0. The van der Waals surface area contributed by atoms with E-state index < -0.39 is 0 Å². The quantitative estimate of drug-likeness (QED) is 0.617. The molecule has 10 heavy (non-hydrogen) atoms. The molecule has 0 amide bonds. The normalized spacial score (nSPS) is 40.5. The van der Waals surface area contributed by atoms with Gasteiger partial charge in [-0.1, -0.05) is 0 Å². The van der Waals surface area contributed by atoms with E-state index >= 15 is 0 Å². The molecule has 0 spiro atoms. The summed E-state index contributed by atoms with van der Waals surface area (Å²) in [6.45, 7) is 1.11. The second-order valence-electron chi connectivity index (χ2n) is 3.47. The molecule has 1 saturated carbocycles. The second-order valence-corrected chi connectivity index (χ2v) is 3.47. The molecular weight excluding hydrogens is 128 g/mol. The second kappa shape index (κ2) is 2.51. The van der Waals surface area contributed by atoms with Crippen LogP contribution in [0.2, 0.25) is 0 Å². The molecule has 1 saturated heterocycles. The van der Waals surface area contributed by atoms with E-state index in [0.29, 0.717) is 0 Å². The Kier molecular flexibility index (Phi) is 1.66. The van der Waals surface area contributed by atoms with Crippen LogP contribution in [0.4, 0.5) is 0 Å². The predicted molar refractivity (Wildman–Crippen MR) is 37.7 cm³/mol. The molecule has 1 aliphatic carbocycles. The van der Waals surface area contributed by atoms with E-state index in [4.69, 9.17) is 9.84 Å². The van der Waals surface area contributed by atoms with Gasteiger partial charge in [-0.15, -0.1) is 0 Å². The van der Waals surface area contributed by atoms with Crippen molar-refractivity contribution in [2.75, 3.05) is 13.2 Å². The summed E-state index contributed by atoms with van der Waals surface area (Å²) in [6, 6.07) is 0. The van der Waals surface area contributed by atoms with E-state index in [1.165, 1.54) is 12.8 Å². The minimum absolute atomic E-state index is 0.158. The van der Waals surface area contributed by atoms with Crippen molar-refractivity contribution in [3.8, 4) is 0 Å². The van der Waals surface area contributed by atoms with Crippen LogP contribution in [0.1, 0.15) is 19.3 Å². The summed E-state index contributed by atoms with van der Waals surface area (Å²) >= 11 is 0. The fraction of sp³-hybridized carbons (Fsp3) is 1.00. The number of aliphatic hydroxyl groups excluding tert-OH is 1. The van der Waals surface area contributed by atoms with Gasteiger partial charge < -0.3 is 9.84 Å². The first-order chi connectivity index (χ1) is 4.90. The Bertz CT molecular complexity index is 120. The van der Waals surface area contributed by atoms with Crippen LogP contribution in [0.5, 0.6) is 0 Å². The highest BCUT2D eigenvalue weighted by Gasteiger charge is 2.36. The third-order valence-electron chi connectivity index (χ3n) is 2.60. The summed E-state index contributed by atoms with van der Waals surface area (Å²) in [4.78, 5) is 0. The van der Waals surface area contributed by atoms with Crippen LogP contribution in [0.3, 0.4) is 0 Å². The summed E-state index contributed by atoms with van der Waals surface area (Å²) in [5.74, 6) is 1.72. The third kappa shape index (κ3) is 1.18. The van der Waals surface area contributed by atoms with Gasteiger partial charge in [0.2, 0.25) is 0 Å². The Morgan fingerprint density at radius 1 is 1.30 bits per heavy atom. The molecule has 2 nitrogen and oxygen atoms in total. The maximum atomic E-state index is 8.76. The molecule has 2 heteroatoms. The van der Waals surface area contributed by atoms with Gasteiger partial charge >= 0.3 is 0 Å². The van der Waals surface area contributed by atoms with E-state index in [2.05, 4.69) is 0 Å². The number of ether oxygens (including phenoxy) is 1. The fourth-order valence-electron chi connectivity index (χ4n) is 1.76. The Morgan fingerprint density at radius 2 is 2.10 bits per heavy atom. The maximum Gasteiger partial charge on any atom is 0.0809 e. The summed E-state index contributed by atoms with van der Waals surface area (Å²) in [6.07, 6.45) is 4.05. The van der Waals surface area contributed by atoms with Crippen LogP contribution in [0, 0.1) is 11.8 Å². The van der Waals surface area contributed by atoms with Gasteiger partial charge in [0, 0.05) is 0 Å². The first kappa shape index (κ1) is 6.62. The summed E-state index contributed by atoms with van der Waals surface area (Å²) in [5, 5.41) is 8.76.